The van der Waals surface area contributed by atoms with Crippen LogP contribution in [-0.4, -0.2) is 14.4 Å². The van der Waals surface area contributed by atoms with Crippen molar-refractivity contribution in [1.29, 1.82) is 0 Å². The molecule has 3 aromatic carbocycles. The van der Waals surface area contributed by atoms with Gasteiger partial charge in [-0.25, -0.2) is 4.42 Å². The van der Waals surface area contributed by atoms with Crippen molar-refractivity contribution in [3.63, 3.8) is 0 Å². The summed E-state index contributed by atoms with van der Waals surface area (Å²) in [5.41, 5.74) is 4.46. The fraction of sp³-hybridized carbons (Fsp3) is 0.0294. The van der Waals surface area contributed by atoms with E-state index in [-0.39, 0.29) is 0 Å². The van der Waals surface area contributed by atoms with Gasteiger partial charge in [0.25, 0.3) is 0 Å². The number of rotatable bonds is 9. The molecule has 0 saturated carbocycles. The Balaban J connectivity index is 0.000000850. The lowest BCUT2D eigenvalue weighted by atomic mass is 10.0. The van der Waals surface area contributed by atoms with E-state index in [1.54, 1.807) is 7.11 Å². The molecule has 1 heterocycles. The van der Waals surface area contributed by atoms with Crippen molar-refractivity contribution in [2.75, 3.05) is 7.11 Å². The number of benzene rings is 3. The highest BCUT2D eigenvalue weighted by atomic mass is 19.5. The molecule has 0 atom stereocenters. The fourth-order valence-electron chi connectivity index (χ4n) is 3.56. The summed E-state index contributed by atoms with van der Waals surface area (Å²) in [6, 6.07) is 32.7. The van der Waals surface area contributed by atoms with Crippen molar-refractivity contribution >= 4 is 19.4 Å². The summed E-state index contributed by atoms with van der Waals surface area (Å²) in [5, 5.41) is 0. The molecular weight excluding hydrogens is 527 g/mol. The number of allylic oxidation sites excluding steroid dienone is 8. The Morgan fingerprint density at radius 1 is 0.561 bits per heavy atom. The second-order valence-corrected chi connectivity index (χ2v) is 8.49. The van der Waals surface area contributed by atoms with Crippen LogP contribution < -0.4 is 4.74 Å². The largest absolute Gasteiger partial charge is 0.673 e. The molecule has 0 aliphatic carbocycles. The summed E-state index contributed by atoms with van der Waals surface area (Å²) in [4.78, 5) is 0. The quantitative estimate of drug-likeness (QED) is 0.0885. The molecule has 0 bridgehead atoms. The van der Waals surface area contributed by atoms with E-state index in [9.17, 15) is 17.3 Å². The van der Waals surface area contributed by atoms with Crippen LogP contribution in [0.2, 0.25) is 0 Å². The van der Waals surface area contributed by atoms with Crippen molar-refractivity contribution in [1.82, 2.24) is 0 Å². The van der Waals surface area contributed by atoms with Gasteiger partial charge in [0.05, 0.1) is 24.8 Å². The third-order valence-electron chi connectivity index (χ3n) is 5.42. The summed E-state index contributed by atoms with van der Waals surface area (Å²) in [5.74, 6) is 2.50. The van der Waals surface area contributed by atoms with Crippen LogP contribution >= 0.6 is 0 Å². The minimum Gasteiger partial charge on any atom is -0.497 e. The number of halogens is 4. The average Bonchev–Trinajstić information content (AvgIpc) is 2.98. The lowest BCUT2D eigenvalue weighted by molar-refractivity contribution is 0.368. The van der Waals surface area contributed by atoms with Gasteiger partial charge in [-0.3, -0.25) is 0 Å². The predicted octanol–water partition coefficient (Wildman–Crippen LogP) is 10.6. The zero-order chi connectivity index (χ0) is 29.3. The summed E-state index contributed by atoms with van der Waals surface area (Å²) in [7, 11) is -4.33. The van der Waals surface area contributed by atoms with Gasteiger partial charge in [-0.15, -0.1) is 0 Å². The van der Waals surface area contributed by atoms with E-state index in [4.69, 9.17) is 9.15 Å². The van der Waals surface area contributed by atoms with Crippen LogP contribution in [-0.2, 0) is 0 Å². The molecule has 7 heteroatoms. The summed E-state index contributed by atoms with van der Waals surface area (Å²) >= 11 is 0. The smallest absolute Gasteiger partial charge is 0.497 e. The molecule has 0 saturated heterocycles. The van der Waals surface area contributed by atoms with E-state index in [1.807, 2.05) is 103 Å². The molecule has 4 rings (SSSR count). The molecule has 0 N–H and O–H groups in total. The van der Waals surface area contributed by atoms with Gasteiger partial charge in [0, 0.05) is 11.6 Å². The van der Waals surface area contributed by atoms with Gasteiger partial charge in [0.1, 0.15) is 5.75 Å². The van der Waals surface area contributed by atoms with E-state index >= 15 is 0 Å². The molecule has 2 nitrogen and oxygen atoms in total. The van der Waals surface area contributed by atoms with Gasteiger partial charge in [-0.05, 0) is 35.4 Å². The van der Waals surface area contributed by atoms with Gasteiger partial charge in [0.15, 0.2) is 0 Å². The Hall–Kier alpha value is -4.91. The second kappa shape index (κ2) is 16.3. The summed E-state index contributed by atoms with van der Waals surface area (Å²) in [6.07, 6.45) is 20.0. The first kappa shape index (κ1) is 30.6. The molecule has 41 heavy (non-hydrogen) atoms. The van der Waals surface area contributed by atoms with Crippen molar-refractivity contribution < 1.29 is 26.4 Å². The lowest BCUT2D eigenvalue weighted by Gasteiger charge is -2.00. The minimum absolute atomic E-state index is 0.799. The Kier molecular flexibility index (Phi) is 12.1. The molecule has 0 unspecified atom stereocenters. The van der Waals surface area contributed by atoms with Gasteiger partial charge >= 0.3 is 18.8 Å². The van der Waals surface area contributed by atoms with Crippen molar-refractivity contribution in [2.45, 2.75) is 0 Å². The van der Waals surface area contributed by atoms with E-state index < -0.39 is 7.25 Å². The van der Waals surface area contributed by atoms with E-state index in [0.717, 1.165) is 39.5 Å². The Labute approximate surface area is 238 Å². The maximum absolute atomic E-state index is 9.75. The molecule has 0 spiro atoms. The molecule has 4 aromatic rings. The molecular formula is C34H29BF4O2. The second-order valence-electron chi connectivity index (χ2n) is 8.49. The first-order chi connectivity index (χ1) is 19.8. The maximum Gasteiger partial charge on any atom is 0.673 e. The molecule has 208 valence electrons. The van der Waals surface area contributed by atoms with Crippen LogP contribution in [0.1, 0.15) is 11.3 Å². The van der Waals surface area contributed by atoms with Crippen LogP contribution in [0.3, 0.4) is 0 Å². The Morgan fingerprint density at radius 2 is 1.05 bits per heavy atom. The van der Waals surface area contributed by atoms with Crippen LogP contribution in [0.15, 0.2) is 150 Å². The molecule has 0 aliphatic rings. The zero-order valence-electron chi connectivity index (χ0n) is 22.4. The number of hydrogen-bond acceptors (Lipinski definition) is 1. The highest BCUT2D eigenvalue weighted by Crippen LogP contribution is 2.28. The first-order valence-electron chi connectivity index (χ1n) is 12.8. The molecule has 0 aliphatic heterocycles. The minimum atomic E-state index is -6.00. The molecule has 0 amide bonds. The Morgan fingerprint density at radius 3 is 1.59 bits per heavy atom. The van der Waals surface area contributed by atoms with E-state index in [2.05, 4.69) is 54.6 Å². The zero-order valence-corrected chi connectivity index (χ0v) is 22.4. The standard InChI is InChI=1S/C34H29O2.BF4/c1-35-32-24-22-28(23-25-32)16-10-6-4-2-3-5-7-15-21-33-26-31(29-17-11-8-12-18-29)27-34(36-33)30-19-13-9-14-20-30;2-1(3,4)5/h2-27H,1H3;/q+1;-1/b3-2+,6-4+,7-5+,16-10+,21-15+;. The van der Waals surface area contributed by atoms with Crippen molar-refractivity contribution in [3.8, 4) is 28.2 Å². The van der Waals surface area contributed by atoms with Crippen LogP contribution in [0, 0.1) is 0 Å². The maximum atomic E-state index is 9.75. The van der Waals surface area contributed by atoms with E-state index in [1.165, 1.54) is 0 Å². The fourth-order valence-corrected chi connectivity index (χ4v) is 3.56. The number of methoxy groups -OCH3 is 1. The number of hydrogen-bond donors (Lipinski definition) is 0. The molecule has 1 aromatic heterocycles. The van der Waals surface area contributed by atoms with Crippen molar-refractivity contribution in [2.24, 2.45) is 0 Å². The van der Waals surface area contributed by atoms with Crippen molar-refractivity contribution in [3.05, 3.63) is 157 Å². The first-order valence-corrected chi connectivity index (χ1v) is 12.8. The third kappa shape index (κ3) is 12.2. The molecule has 0 fully saturated rings. The molecule has 0 radical (unpaired) electrons. The normalized spacial score (nSPS) is 12.0. The predicted molar refractivity (Wildman–Crippen MR) is 163 cm³/mol. The monoisotopic (exact) mass is 556 g/mol. The van der Waals surface area contributed by atoms with Crippen LogP contribution in [0.25, 0.3) is 34.6 Å². The summed E-state index contributed by atoms with van der Waals surface area (Å²) in [6.45, 7) is 0. The lowest BCUT2D eigenvalue weighted by Crippen LogP contribution is -2.02. The topological polar surface area (TPSA) is 20.5 Å². The Bertz CT molecular complexity index is 1430. The SMILES string of the molecule is COc1ccc(/C=C/C=C/C=C/C=C/C=C/c2cc(-c3ccccc3)cc(-c3ccccc3)[o+]2)cc1.F[B-](F)(F)F. The average molecular weight is 556 g/mol. The van der Waals surface area contributed by atoms with Gasteiger partial charge in [-0.2, -0.15) is 0 Å². The van der Waals surface area contributed by atoms with E-state index in [0.29, 0.717) is 0 Å². The van der Waals surface area contributed by atoms with Crippen LogP contribution in [0.4, 0.5) is 17.3 Å². The van der Waals surface area contributed by atoms with Gasteiger partial charge in [-0.1, -0.05) is 115 Å². The third-order valence-corrected chi connectivity index (χ3v) is 5.42. The van der Waals surface area contributed by atoms with Gasteiger partial charge in [0.2, 0.25) is 0 Å². The highest BCUT2D eigenvalue weighted by Gasteiger charge is 2.20. The highest BCUT2D eigenvalue weighted by molar-refractivity contribution is 6.50. The van der Waals surface area contributed by atoms with Gasteiger partial charge < -0.3 is 22.0 Å². The van der Waals surface area contributed by atoms with Crippen LogP contribution in [0.5, 0.6) is 5.75 Å². The number of ether oxygens (including phenoxy) is 1. The summed E-state index contributed by atoms with van der Waals surface area (Å²) < 4.78 is 50.4.